The maximum Gasteiger partial charge on any atom is 0.329 e. The van der Waals surface area contributed by atoms with Gasteiger partial charge >= 0.3 is 6.03 Å². The molecule has 2 N–H and O–H groups in total. The number of rotatable bonds is 3. The molecule has 1 aromatic carbocycles. The second-order valence-electron chi connectivity index (χ2n) is 8.10. The molecule has 3 aliphatic rings. The van der Waals surface area contributed by atoms with Crippen molar-refractivity contribution in [2.75, 3.05) is 24.5 Å². The molecule has 7 heteroatoms. The molecule has 27 heavy (non-hydrogen) atoms. The Bertz CT molecular complexity index is 914. The van der Waals surface area contributed by atoms with Gasteiger partial charge in [-0.25, -0.2) is 4.79 Å². The highest BCUT2D eigenvalue weighted by Gasteiger charge is 2.35. The lowest BCUT2D eigenvalue weighted by molar-refractivity contribution is -0.120. The van der Waals surface area contributed by atoms with Crippen LogP contribution in [0, 0.1) is 5.92 Å². The van der Waals surface area contributed by atoms with E-state index in [1.165, 1.54) is 12.0 Å². The van der Waals surface area contributed by atoms with Crippen LogP contribution in [0.15, 0.2) is 18.2 Å². The van der Waals surface area contributed by atoms with Gasteiger partial charge in [-0.15, -0.1) is 0 Å². The number of aromatic nitrogens is 2. The predicted octanol–water partition coefficient (Wildman–Crippen LogP) is 2.53. The van der Waals surface area contributed by atoms with Crippen molar-refractivity contribution in [1.29, 1.82) is 0 Å². The molecule has 2 aromatic rings. The van der Waals surface area contributed by atoms with Crippen molar-refractivity contribution in [1.82, 2.24) is 20.4 Å². The average molecular weight is 367 g/mol. The van der Waals surface area contributed by atoms with Gasteiger partial charge in [-0.05, 0) is 61.9 Å². The summed E-state index contributed by atoms with van der Waals surface area (Å²) in [6.07, 6.45) is 3.62. The van der Waals surface area contributed by atoms with E-state index in [2.05, 4.69) is 40.4 Å². The Morgan fingerprint density at radius 3 is 2.67 bits per heavy atom. The fraction of sp³-hybridized carbons (Fsp3) is 0.550. The van der Waals surface area contributed by atoms with Gasteiger partial charge in [0.15, 0.2) is 5.82 Å². The maximum atomic E-state index is 12.4. The number of imide groups is 1. The molecule has 0 spiro atoms. The molecule has 7 nitrogen and oxygen atoms in total. The normalized spacial score (nSPS) is 26.5. The first kappa shape index (κ1) is 16.7. The van der Waals surface area contributed by atoms with Gasteiger partial charge in [-0.3, -0.25) is 19.7 Å². The van der Waals surface area contributed by atoms with E-state index in [-0.39, 0.29) is 11.9 Å². The smallest absolute Gasteiger partial charge is 0.317 e. The first-order valence-electron chi connectivity index (χ1n) is 9.96. The molecule has 0 bridgehead atoms. The van der Waals surface area contributed by atoms with Gasteiger partial charge in [-0.2, -0.15) is 5.10 Å². The largest absolute Gasteiger partial charge is 0.329 e. The Kier molecular flexibility index (Phi) is 3.93. The number of hydrogen-bond acceptors (Lipinski definition) is 4. The summed E-state index contributed by atoms with van der Waals surface area (Å²) in [5, 5.41) is 11.7. The summed E-state index contributed by atoms with van der Waals surface area (Å²) in [7, 11) is 0. The molecule has 3 amide bonds. The van der Waals surface area contributed by atoms with E-state index in [4.69, 9.17) is 5.10 Å². The van der Waals surface area contributed by atoms with Crippen molar-refractivity contribution in [2.45, 2.75) is 44.6 Å². The first-order chi connectivity index (χ1) is 13.1. The minimum Gasteiger partial charge on any atom is -0.317 e. The lowest BCUT2D eigenvalue weighted by Gasteiger charge is -2.25. The highest BCUT2D eigenvalue weighted by Crippen LogP contribution is 2.48. The Hall–Kier alpha value is -2.41. The monoisotopic (exact) mass is 367 g/mol. The van der Waals surface area contributed by atoms with Crippen molar-refractivity contribution < 1.29 is 9.59 Å². The van der Waals surface area contributed by atoms with Gasteiger partial charge < -0.3 is 5.32 Å². The van der Waals surface area contributed by atoms with Crippen molar-refractivity contribution in [2.24, 2.45) is 5.92 Å². The molecule has 2 aliphatic heterocycles. The van der Waals surface area contributed by atoms with Gasteiger partial charge in [0.25, 0.3) is 0 Å². The summed E-state index contributed by atoms with van der Waals surface area (Å²) in [5.74, 6) is 1.84. The van der Waals surface area contributed by atoms with E-state index >= 15 is 0 Å². The average Bonchev–Trinajstić information content (AvgIpc) is 3.29. The third-order valence-electron chi connectivity index (χ3n) is 6.21. The number of nitrogens with one attached hydrogen (secondary N) is 2. The summed E-state index contributed by atoms with van der Waals surface area (Å²) in [6.45, 7) is 4.64. The van der Waals surface area contributed by atoms with Crippen LogP contribution < -0.4 is 15.5 Å². The number of urea groups is 1. The molecule has 0 radical (unpaired) electrons. The summed E-state index contributed by atoms with van der Waals surface area (Å²) >= 11 is 0. The quantitative estimate of drug-likeness (QED) is 0.874. The van der Waals surface area contributed by atoms with Crippen molar-refractivity contribution in [3.63, 3.8) is 0 Å². The SMILES string of the molecule is CC1C[C@@H]1c1ccc2c(N3CCC(=O)NC3=O)nn(C3CCNCC3)c2c1. The van der Waals surface area contributed by atoms with Crippen LogP contribution >= 0.6 is 0 Å². The zero-order valence-corrected chi connectivity index (χ0v) is 15.6. The van der Waals surface area contributed by atoms with Crippen LogP contribution in [-0.2, 0) is 4.79 Å². The molecular formula is C20H25N5O2. The Morgan fingerprint density at radius 2 is 1.96 bits per heavy atom. The van der Waals surface area contributed by atoms with E-state index in [9.17, 15) is 9.59 Å². The number of fused-ring (bicyclic) bond motifs is 1. The fourth-order valence-electron chi connectivity index (χ4n) is 4.45. The minimum atomic E-state index is -0.372. The molecule has 5 rings (SSSR count). The van der Waals surface area contributed by atoms with Crippen LogP contribution in [0.4, 0.5) is 10.6 Å². The zero-order chi connectivity index (χ0) is 18.5. The number of amides is 3. The second-order valence-corrected chi connectivity index (χ2v) is 8.10. The fourth-order valence-corrected chi connectivity index (χ4v) is 4.45. The number of nitrogens with zero attached hydrogens (tertiary/aromatic N) is 3. The van der Waals surface area contributed by atoms with Crippen molar-refractivity contribution in [3.05, 3.63) is 23.8 Å². The summed E-state index contributed by atoms with van der Waals surface area (Å²) in [6, 6.07) is 6.53. The Balaban J connectivity index is 1.60. The van der Waals surface area contributed by atoms with E-state index < -0.39 is 0 Å². The number of hydrogen-bond donors (Lipinski definition) is 2. The highest BCUT2D eigenvalue weighted by atomic mass is 16.2. The molecule has 1 aromatic heterocycles. The summed E-state index contributed by atoms with van der Waals surface area (Å²) < 4.78 is 2.13. The van der Waals surface area contributed by atoms with Crippen LogP contribution in [-0.4, -0.2) is 41.4 Å². The Labute approximate surface area is 158 Å². The first-order valence-corrected chi connectivity index (χ1v) is 9.96. The van der Waals surface area contributed by atoms with Crippen LogP contribution in [0.1, 0.15) is 50.1 Å². The molecular weight excluding hydrogens is 342 g/mol. The number of benzene rings is 1. The summed E-state index contributed by atoms with van der Waals surface area (Å²) in [5.41, 5.74) is 2.48. The molecule has 3 fully saturated rings. The van der Waals surface area contributed by atoms with Crippen LogP contribution in [0.25, 0.3) is 10.9 Å². The van der Waals surface area contributed by atoms with E-state index in [1.54, 1.807) is 4.90 Å². The van der Waals surface area contributed by atoms with Gasteiger partial charge in [0, 0.05) is 18.4 Å². The van der Waals surface area contributed by atoms with Crippen LogP contribution in [0.3, 0.4) is 0 Å². The van der Waals surface area contributed by atoms with Gasteiger partial charge in [0.1, 0.15) is 0 Å². The van der Waals surface area contributed by atoms with Crippen molar-refractivity contribution in [3.8, 4) is 0 Å². The van der Waals surface area contributed by atoms with Gasteiger partial charge in [0.05, 0.1) is 11.6 Å². The Morgan fingerprint density at radius 1 is 1.19 bits per heavy atom. The minimum absolute atomic E-state index is 0.219. The molecule has 142 valence electrons. The third kappa shape index (κ3) is 2.90. The zero-order valence-electron chi connectivity index (χ0n) is 15.6. The van der Waals surface area contributed by atoms with Crippen molar-refractivity contribution >= 4 is 28.7 Å². The second kappa shape index (κ2) is 6.34. The molecule has 2 atom stereocenters. The topological polar surface area (TPSA) is 79.3 Å². The van der Waals surface area contributed by atoms with Crippen LogP contribution in [0.2, 0.25) is 0 Å². The molecule has 1 unspecified atom stereocenters. The highest BCUT2D eigenvalue weighted by molar-refractivity contribution is 6.08. The standard InChI is InChI=1S/C20H25N5O2/c1-12-10-16(12)13-2-3-15-17(11-13)25(14-4-7-21-8-5-14)23-19(15)24-9-6-18(26)22-20(24)27/h2-3,11-12,14,16,21H,4-10H2,1H3,(H,22,26,27)/t12?,16-/m0/s1. The van der Waals surface area contributed by atoms with E-state index in [0.29, 0.717) is 30.7 Å². The van der Waals surface area contributed by atoms with Gasteiger partial charge in [-0.1, -0.05) is 13.0 Å². The molecule has 2 saturated heterocycles. The number of carbonyl (C=O) groups is 2. The predicted molar refractivity (Wildman–Crippen MR) is 103 cm³/mol. The molecule has 1 aliphatic carbocycles. The number of anilines is 1. The third-order valence-corrected chi connectivity index (χ3v) is 6.21. The van der Waals surface area contributed by atoms with E-state index in [0.717, 1.165) is 42.8 Å². The molecule has 1 saturated carbocycles. The lowest BCUT2D eigenvalue weighted by Crippen LogP contribution is -2.49. The van der Waals surface area contributed by atoms with E-state index in [1.807, 2.05) is 0 Å². The molecule has 3 heterocycles. The lowest BCUT2D eigenvalue weighted by atomic mass is 10.0. The van der Waals surface area contributed by atoms with Crippen LogP contribution in [0.5, 0.6) is 0 Å². The number of carbonyl (C=O) groups excluding carboxylic acids is 2. The van der Waals surface area contributed by atoms with Gasteiger partial charge in [0.2, 0.25) is 5.91 Å². The summed E-state index contributed by atoms with van der Waals surface area (Å²) in [4.78, 5) is 25.5. The number of piperidine rings is 1. The maximum absolute atomic E-state index is 12.4.